The van der Waals surface area contributed by atoms with Crippen LogP contribution in [0.5, 0.6) is 0 Å². The zero-order valence-corrected chi connectivity index (χ0v) is 12.7. The third-order valence-electron chi connectivity index (χ3n) is 2.90. The van der Waals surface area contributed by atoms with Gasteiger partial charge in [0.15, 0.2) is 0 Å². The molecule has 0 aliphatic carbocycles. The molecule has 18 heavy (non-hydrogen) atoms. The van der Waals surface area contributed by atoms with Gasteiger partial charge in [-0.3, -0.25) is 0 Å². The molecule has 0 aliphatic rings. The Balaban J connectivity index is 2.41. The SMILES string of the molecule is CCn1cnc(C(NC)c2cccc(Br)c2Cl)c1. The maximum atomic E-state index is 6.34. The second-order valence-corrected chi connectivity index (χ2v) is 5.23. The third kappa shape index (κ3) is 2.60. The summed E-state index contributed by atoms with van der Waals surface area (Å²) in [4.78, 5) is 4.43. The number of nitrogens with zero attached hydrogens (tertiary/aromatic N) is 2. The number of benzene rings is 1. The van der Waals surface area contributed by atoms with Gasteiger partial charge in [0, 0.05) is 17.2 Å². The van der Waals surface area contributed by atoms with Crippen molar-refractivity contribution in [2.45, 2.75) is 19.5 Å². The number of aryl methyl sites for hydroxylation is 1. The van der Waals surface area contributed by atoms with Crippen molar-refractivity contribution in [1.29, 1.82) is 0 Å². The van der Waals surface area contributed by atoms with Crippen molar-refractivity contribution in [3.63, 3.8) is 0 Å². The number of nitrogens with one attached hydrogen (secondary N) is 1. The zero-order chi connectivity index (χ0) is 13.1. The van der Waals surface area contributed by atoms with E-state index >= 15 is 0 Å². The molecule has 1 atom stereocenters. The van der Waals surface area contributed by atoms with Crippen LogP contribution in [0.25, 0.3) is 0 Å². The first-order valence-corrected chi connectivity index (χ1v) is 6.97. The lowest BCUT2D eigenvalue weighted by atomic mass is 10.0. The standard InChI is InChI=1S/C13H15BrClN3/c1-3-18-7-11(17-8-18)13(16-2)9-5-4-6-10(14)12(9)15/h4-8,13,16H,3H2,1-2H3. The molecule has 0 aliphatic heterocycles. The van der Waals surface area contributed by atoms with Gasteiger partial charge in [-0.05, 0) is 41.5 Å². The van der Waals surface area contributed by atoms with Crippen LogP contribution >= 0.6 is 27.5 Å². The van der Waals surface area contributed by atoms with Crippen LogP contribution in [0.15, 0.2) is 35.2 Å². The molecule has 1 unspecified atom stereocenters. The van der Waals surface area contributed by atoms with E-state index in [9.17, 15) is 0 Å². The van der Waals surface area contributed by atoms with Crippen molar-refractivity contribution < 1.29 is 0 Å². The van der Waals surface area contributed by atoms with Crippen LogP contribution in [0, 0.1) is 0 Å². The average molecular weight is 329 g/mol. The lowest BCUT2D eigenvalue weighted by Gasteiger charge is -2.16. The third-order valence-corrected chi connectivity index (χ3v) is 4.21. The van der Waals surface area contributed by atoms with Gasteiger partial charge in [0.2, 0.25) is 0 Å². The Morgan fingerprint density at radius 2 is 2.28 bits per heavy atom. The van der Waals surface area contributed by atoms with Gasteiger partial charge < -0.3 is 9.88 Å². The quantitative estimate of drug-likeness (QED) is 0.929. The van der Waals surface area contributed by atoms with E-state index in [1.54, 1.807) is 0 Å². The van der Waals surface area contributed by atoms with Crippen LogP contribution in [0.4, 0.5) is 0 Å². The van der Waals surface area contributed by atoms with E-state index in [0.717, 1.165) is 27.3 Å². The van der Waals surface area contributed by atoms with Gasteiger partial charge in [0.05, 0.1) is 23.1 Å². The highest BCUT2D eigenvalue weighted by Crippen LogP contribution is 2.32. The minimum atomic E-state index is 0.00259. The molecule has 0 saturated carbocycles. The molecule has 1 N–H and O–H groups in total. The Kier molecular flexibility index (Phi) is 4.43. The second kappa shape index (κ2) is 5.87. The van der Waals surface area contributed by atoms with Crippen LogP contribution in [0.1, 0.15) is 24.2 Å². The number of aromatic nitrogens is 2. The lowest BCUT2D eigenvalue weighted by molar-refractivity contribution is 0.672. The summed E-state index contributed by atoms with van der Waals surface area (Å²) in [6, 6.07) is 5.93. The minimum Gasteiger partial charge on any atom is -0.337 e. The monoisotopic (exact) mass is 327 g/mol. The molecule has 3 nitrogen and oxygen atoms in total. The molecular weight excluding hydrogens is 314 g/mol. The summed E-state index contributed by atoms with van der Waals surface area (Å²) in [5, 5.41) is 3.98. The Labute approximate surface area is 120 Å². The predicted octanol–water partition coefficient (Wildman–Crippen LogP) is 3.63. The fraction of sp³-hybridized carbons (Fsp3) is 0.308. The van der Waals surface area contributed by atoms with E-state index in [4.69, 9.17) is 11.6 Å². The van der Waals surface area contributed by atoms with Crippen molar-refractivity contribution in [2.24, 2.45) is 0 Å². The fourth-order valence-corrected chi connectivity index (χ4v) is 2.52. The highest BCUT2D eigenvalue weighted by molar-refractivity contribution is 9.10. The Bertz CT molecular complexity index is 539. The zero-order valence-electron chi connectivity index (χ0n) is 10.3. The molecule has 2 rings (SSSR count). The topological polar surface area (TPSA) is 29.9 Å². The Morgan fingerprint density at radius 1 is 1.50 bits per heavy atom. The molecule has 96 valence electrons. The minimum absolute atomic E-state index is 0.00259. The summed E-state index contributed by atoms with van der Waals surface area (Å²) in [5.41, 5.74) is 1.99. The van der Waals surface area contributed by atoms with Crippen molar-refractivity contribution in [1.82, 2.24) is 14.9 Å². The maximum absolute atomic E-state index is 6.34. The first-order valence-electron chi connectivity index (χ1n) is 5.80. The average Bonchev–Trinajstić information content (AvgIpc) is 2.84. The van der Waals surface area contributed by atoms with Crippen LogP contribution in [-0.2, 0) is 6.54 Å². The van der Waals surface area contributed by atoms with E-state index in [-0.39, 0.29) is 6.04 Å². The number of rotatable bonds is 4. The summed E-state index contributed by atoms with van der Waals surface area (Å²) in [6.45, 7) is 3.00. The molecule has 2 aromatic rings. The normalized spacial score (nSPS) is 12.7. The van der Waals surface area contributed by atoms with Crippen LogP contribution in [0.3, 0.4) is 0 Å². The van der Waals surface area contributed by atoms with Gasteiger partial charge in [-0.2, -0.15) is 0 Å². The van der Waals surface area contributed by atoms with Gasteiger partial charge in [-0.15, -0.1) is 0 Å². The molecule has 0 spiro atoms. The van der Waals surface area contributed by atoms with E-state index < -0.39 is 0 Å². The second-order valence-electron chi connectivity index (χ2n) is 3.99. The van der Waals surface area contributed by atoms with Crippen LogP contribution < -0.4 is 5.32 Å². The molecule has 5 heteroatoms. The number of halogens is 2. The van der Waals surface area contributed by atoms with Gasteiger partial charge in [-0.25, -0.2) is 4.98 Å². The van der Waals surface area contributed by atoms with Crippen molar-refractivity contribution in [3.8, 4) is 0 Å². The fourth-order valence-electron chi connectivity index (χ4n) is 1.91. The van der Waals surface area contributed by atoms with E-state index in [1.807, 2.05) is 42.3 Å². The molecule has 0 radical (unpaired) electrons. The van der Waals surface area contributed by atoms with Gasteiger partial charge in [0.1, 0.15) is 0 Å². The molecule has 1 aromatic carbocycles. The summed E-state index contributed by atoms with van der Waals surface area (Å²) in [7, 11) is 1.91. The molecule has 1 heterocycles. The van der Waals surface area contributed by atoms with Crippen LogP contribution in [0.2, 0.25) is 5.02 Å². The highest BCUT2D eigenvalue weighted by Gasteiger charge is 2.18. The first kappa shape index (κ1) is 13.6. The van der Waals surface area contributed by atoms with E-state index in [1.165, 1.54) is 0 Å². The summed E-state index contributed by atoms with van der Waals surface area (Å²) >= 11 is 9.79. The maximum Gasteiger partial charge on any atom is 0.0950 e. The predicted molar refractivity (Wildman–Crippen MR) is 78.0 cm³/mol. The van der Waals surface area contributed by atoms with Crippen molar-refractivity contribution in [2.75, 3.05) is 7.05 Å². The molecule has 1 aromatic heterocycles. The van der Waals surface area contributed by atoms with E-state index in [2.05, 4.69) is 33.2 Å². The smallest absolute Gasteiger partial charge is 0.0950 e. The molecule has 0 fully saturated rings. The largest absolute Gasteiger partial charge is 0.337 e. The van der Waals surface area contributed by atoms with Gasteiger partial charge in [0.25, 0.3) is 0 Å². The van der Waals surface area contributed by atoms with Crippen LogP contribution in [-0.4, -0.2) is 16.6 Å². The molecule has 0 saturated heterocycles. The van der Waals surface area contributed by atoms with Crippen molar-refractivity contribution in [3.05, 3.63) is 51.5 Å². The Hall–Kier alpha value is -0.840. The molecule has 0 amide bonds. The van der Waals surface area contributed by atoms with Gasteiger partial charge in [-0.1, -0.05) is 23.7 Å². The highest BCUT2D eigenvalue weighted by atomic mass is 79.9. The number of hydrogen-bond acceptors (Lipinski definition) is 2. The number of imidazole rings is 1. The summed E-state index contributed by atoms with van der Waals surface area (Å²) in [5.74, 6) is 0. The van der Waals surface area contributed by atoms with E-state index in [0.29, 0.717) is 0 Å². The Morgan fingerprint density at radius 3 is 2.89 bits per heavy atom. The summed E-state index contributed by atoms with van der Waals surface area (Å²) in [6.07, 6.45) is 3.88. The van der Waals surface area contributed by atoms with Gasteiger partial charge >= 0.3 is 0 Å². The molecular formula is C13H15BrClN3. The molecule has 0 bridgehead atoms. The first-order chi connectivity index (χ1) is 8.67. The lowest BCUT2D eigenvalue weighted by Crippen LogP contribution is -2.18. The van der Waals surface area contributed by atoms with Crippen molar-refractivity contribution >= 4 is 27.5 Å². The summed E-state index contributed by atoms with van der Waals surface area (Å²) < 4.78 is 2.95. The number of hydrogen-bond donors (Lipinski definition) is 1.